The zero-order chi connectivity index (χ0) is 18.1. The molecule has 0 unspecified atom stereocenters. The van der Waals surface area contributed by atoms with Crippen LogP contribution in [-0.2, 0) is 7.05 Å². The molecule has 0 atom stereocenters. The molecule has 3 rings (SSSR count). The fourth-order valence-electron chi connectivity index (χ4n) is 2.54. The van der Waals surface area contributed by atoms with Gasteiger partial charge in [-0.3, -0.25) is 9.59 Å². The molecular formula is C19H13F2NO3. The number of nitrogens with zero attached hydrogens (tertiary/aromatic N) is 1. The first kappa shape index (κ1) is 16.6. The lowest BCUT2D eigenvalue weighted by Gasteiger charge is -2.12. The fourth-order valence-corrected chi connectivity index (χ4v) is 2.54. The van der Waals surface area contributed by atoms with E-state index in [2.05, 4.69) is 0 Å². The van der Waals surface area contributed by atoms with Crippen molar-refractivity contribution >= 4 is 5.78 Å². The molecule has 0 spiro atoms. The smallest absolute Gasteiger partial charge is 0.265 e. The number of pyridine rings is 1. The maximum Gasteiger partial charge on any atom is 0.265 e. The van der Waals surface area contributed by atoms with Gasteiger partial charge in [-0.1, -0.05) is 0 Å². The van der Waals surface area contributed by atoms with Crippen LogP contribution >= 0.6 is 0 Å². The van der Waals surface area contributed by atoms with Gasteiger partial charge in [0.05, 0.1) is 5.69 Å². The van der Waals surface area contributed by atoms with Crippen molar-refractivity contribution in [1.82, 2.24) is 4.57 Å². The van der Waals surface area contributed by atoms with Crippen LogP contribution in [0.5, 0.6) is 5.75 Å². The summed E-state index contributed by atoms with van der Waals surface area (Å²) in [6.07, 6.45) is 0. The van der Waals surface area contributed by atoms with Gasteiger partial charge in [0, 0.05) is 18.7 Å². The Bertz CT molecular complexity index is 1010. The summed E-state index contributed by atoms with van der Waals surface area (Å²) in [6.45, 7) is 0. The van der Waals surface area contributed by atoms with Crippen molar-refractivity contribution in [3.63, 3.8) is 0 Å². The minimum atomic E-state index is -0.705. The highest BCUT2D eigenvalue weighted by Gasteiger charge is 2.21. The van der Waals surface area contributed by atoms with Crippen LogP contribution in [0.1, 0.15) is 15.9 Å². The summed E-state index contributed by atoms with van der Waals surface area (Å²) in [5.41, 5.74) is -0.174. The quantitative estimate of drug-likeness (QED) is 0.744. The first-order valence-electron chi connectivity index (χ1n) is 7.37. The molecule has 0 fully saturated rings. The van der Waals surface area contributed by atoms with Crippen LogP contribution < -0.4 is 5.56 Å². The zero-order valence-electron chi connectivity index (χ0n) is 13.2. The van der Waals surface area contributed by atoms with Crippen molar-refractivity contribution in [2.75, 3.05) is 0 Å². The van der Waals surface area contributed by atoms with E-state index in [-0.39, 0.29) is 5.56 Å². The Labute approximate surface area is 141 Å². The van der Waals surface area contributed by atoms with Crippen LogP contribution in [0.25, 0.3) is 11.3 Å². The van der Waals surface area contributed by atoms with E-state index in [1.54, 1.807) is 0 Å². The van der Waals surface area contributed by atoms with Crippen molar-refractivity contribution in [1.29, 1.82) is 0 Å². The summed E-state index contributed by atoms with van der Waals surface area (Å²) in [4.78, 5) is 25.1. The van der Waals surface area contributed by atoms with Gasteiger partial charge in [-0.15, -0.1) is 0 Å². The molecule has 1 heterocycles. The number of hydrogen-bond acceptors (Lipinski definition) is 3. The lowest BCUT2D eigenvalue weighted by Crippen LogP contribution is -2.26. The zero-order valence-corrected chi connectivity index (χ0v) is 13.2. The molecule has 4 nitrogen and oxygen atoms in total. The molecule has 0 aliphatic rings. The summed E-state index contributed by atoms with van der Waals surface area (Å²) in [7, 11) is 1.45. The van der Waals surface area contributed by atoms with Crippen LogP contribution in [0, 0.1) is 11.6 Å². The number of halogens is 2. The van der Waals surface area contributed by atoms with Gasteiger partial charge in [0.1, 0.15) is 22.9 Å². The molecule has 1 aromatic heterocycles. The SMILES string of the molecule is Cn1c(-c2ccc(F)cc2)cc(O)c(C(=O)c2ccc(F)cc2)c1=O. The largest absolute Gasteiger partial charge is 0.507 e. The lowest BCUT2D eigenvalue weighted by atomic mass is 10.0. The first-order valence-corrected chi connectivity index (χ1v) is 7.37. The summed E-state index contributed by atoms with van der Waals surface area (Å²) in [5, 5.41) is 10.2. The molecule has 0 aliphatic carbocycles. The Balaban J connectivity index is 2.12. The Morgan fingerprint density at radius 2 is 1.48 bits per heavy atom. The summed E-state index contributed by atoms with van der Waals surface area (Å²) >= 11 is 0. The number of aromatic nitrogens is 1. The molecule has 3 aromatic rings. The molecule has 2 aromatic carbocycles. The molecular weight excluding hydrogens is 328 g/mol. The van der Waals surface area contributed by atoms with Crippen LogP contribution in [-0.4, -0.2) is 15.5 Å². The summed E-state index contributed by atoms with van der Waals surface area (Å²) in [6, 6.07) is 11.3. The second-order valence-electron chi connectivity index (χ2n) is 5.50. The molecule has 0 saturated carbocycles. The Kier molecular flexibility index (Phi) is 4.19. The van der Waals surface area contributed by atoms with Gasteiger partial charge in [-0.25, -0.2) is 8.78 Å². The van der Waals surface area contributed by atoms with E-state index in [4.69, 9.17) is 0 Å². The van der Waals surface area contributed by atoms with Crippen molar-refractivity contribution in [2.24, 2.45) is 7.05 Å². The van der Waals surface area contributed by atoms with E-state index < -0.39 is 34.3 Å². The first-order chi connectivity index (χ1) is 11.9. The molecule has 1 N–H and O–H groups in total. The highest BCUT2D eigenvalue weighted by Crippen LogP contribution is 2.25. The maximum absolute atomic E-state index is 13.1. The van der Waals surface area contributed by atoms with Crippen LogP contribution in [0.15, 0.2) is 59.4 Å². The standard InChI is InChI=1S/C19H13F2NO3/c1-22-15(11-2-6-13(20)7-3-11)10-16(23)17(19(22)25)18(24)12-4-8-14(21)9-5-12/h2-10,23H,1H3. The van der Waals surface area contributed by atoms with E-state index in [1.807, 2.05) is 0 Å². The van der Waals surface area contributed by atoms with E-state index in [9.17, 15) is 23.5 Å². The summed E-state index contributed by atoms with van der Waals surface area (Å²) in [5.74, 6) is -2.14. The van der Waals surface area contributed by atoms with E-state index in [0.29, 0.717) is 11.3 Å². The predicted octanol–water partition coefficient (Wildman–Crippen LogP) is 3.27. The minimum absolute atomic E-state index is 0.0864. The molecule has 126 valence electrons. The number of carbonyl (C=O) groups excluding carboxylic acids is 1. The monoisotopic (exact) mass is 341 g/mol. The molecule has 0 bridgehead atoms. The highest BCUT2D eigenvalue weighted by molar-refractivity contribution is 6.10. The van der Waals surface area contributed by atoms with Gasteiger partial charge in [-0.05, 0) is 54.1 Å². The predicted molar refractivity (Wildman–Crippen MR) is 88.6 cm³/mol. The van der Waals surface area contributed by atoms with Gasteiger partial charge in [0.2, 0.25) is 5.78 Å². The lowest BCUT2D eigenvalue weighted by molar-refractivity contribution is 0.103. The summed E-state index contributed by atoms with van der Waals surface area (Å²) < 4.78 is 27.2. The minimum Gasteiger partial charge on any atom is -0.507 e. The second kappa shape index (κ2) is 6.32. The number of benzene rings is 2. The highest BCUT2D eigenvalue weighted by atomic mass is 19.1. The molecule has 0 saturated heterocycles. The van der Waals surface area contributed by atoms with Gasteiger partial charge >= 0.3 is 0 Å². The Morgan fingerprint density at radius 1 is 0.960 bits per heavy atom. The van der Waals surface area contributed by atoms with Crippen molar-refractivity contribution < 1.29 is 18.7 Å². The average Bonchev–Trinajstić information content (AvgIpc) is 2.59. The van der Waals surface area contributed by atoms with Crippen molar-refractivity contribution in [2.45, 2.75) is 0 Å². The Hall–Kier alpha value is -3.28. The third-order valence-corrected chi connectivity index (χ3v) is 3.88. The number of aromatic hydroxyl groups is 1. The molecule has 0 radical (unpaired) electrons. The second-order valence-corrected chi connectivity index (χ2v) is 5.50. The van der Waals surface area contributed by atoms with Crippen LogP contribution in [0.3, 0.4) is 0 Å². The van der Waals surface area contributed by atoms with E-state index >= 15 is 0 Å². The topological polar surface area (TPSA) is 59.3 Å². The molecule has 6 heteroatoms. The van der Waals surface area contributed by atoms with Crippen molar-refractivity contribution in [3.8, 4) is 17.0 Å². The van der Waals surface area contributed by atoms with Crippen LogP contribution in [0.4, 0.5) is 8.78 Å². The number of rotatable bonds is 3. The average molecular weight is 341 g/mol. The van der Waals surface area contributed by atoms with Gasteiger partial charge in [0.25, 0.3) is 5.56 Å². The van der Waals surface area contributed by atoms with E-state index in [1.165, 1.54) is 54.1 Å². The van der Waals surface area contributed by atoms with Crippen LogP contribution in [0.2, 0.25) is 0 Å². The third kappa shape index (κ3) is 3.06. The molecule has 0 aliphatic heterocycles. The van der Waals surface area contributed by atoms with Gasteiger partial charge in [-0.2, -0.15) is 0 Å². The fraction of sp³-hybridized carbons (Fsp3) is 0.0526. The maximum atomic E-state index is 13.1. The van der Waals surface area contributed by atoms with Gasteiger partial charge < -0.3 is 9.67 Å². The third-order valence-electron chi connectivity index (χ3n) is 3.88. The van der Waals surface area contributed by atoms with E-state index in [0.717, 1.165) is 12.1 Å². The number of hydrogen-bond donors (Lipinski definition) is 1. The van der Waals surface area contributed by atoms with Gasteiger partial charge in [0.15, 0.2) is 0 Å². The van der Waals surface area contributed by atoms with Crippen molar-refractivity contribution in [3.05, 3.63) is 87.7 Å². The normalized spacial score (nSPS) is 10.7. The number of carbonyl (C=O) groups is 1. The molecule has 0 amide bonds. The number of ketones is 1. The Morgan fingerprint density at radius 3 is 2.04 bits per heavy atom. The molecule has 25 heavy (non-hydrogen) atoms.